The summed E-state index contributed by atoms with van der Waals surface area (Å²) in [5, 5.41) is 12.0. The maximum atomic E-state index is 10.8. The second kappa shape index (κ2) is 6.12. The van der Waals surface area contributed by atoms with Crippen LogP contribution in [-0.2, 0) is 0 Å². The van der Waals surface area contributed by atoms with Gasteiger partial charge in [0.2, 0.25) is 0 Å². The van der Waals surface area contributed by atoms with Gasteiger partial charge in [-0.2, -0.15) is 0 Å². The van der Waals surface area contributed by atoms with E-state index in [0.29, 0.717) is 5.56 Å². The molecule has 0 aliphatic heterocycles. The Kier molecular flexibility index (Phi) is 4.79. The fourth-order valence-electron chi connectivity index (χ4n) is 1.50. The van der Waals surface area contributed by atoms with Gasteiger partial charge in [0, 0.05) is 19.3 Å². The first-order valence-electron chi connectivity index (χ1n) is 5.34. The van der Waals surface area contributed by atoms with Gasteiger partial charge in [0.15, 0.2) is 0 Å². The Morgan fingerprint density at radius 2 is 2.25 bits per heavy atom. The van der Waals surface area contributed by atoms with Gasteiger partial charge in [-0.15, -0.1) is 0 Å². The van der Waals surface area contributed by atoms with E-state index in [1.165, 1.54) is 0 Å². The van der Waals surface area contributed by atoms with E-state index in [0.717, 1.165) is 25.2 Å². The van der Waals surface area contributed by atoms with Crippen LogP contribution in [0.15, 0.2) is 24.3 Å². The number of aromatic carboxylic acids is 1. The summed E-state index contributed by atoms with van der Waals surface area (Å²) in [7, 11) is 3.89. The Morgan fingerprint density at radius 3 is 2.88 bits per heavy atom. The standard InChI is InChI=1S/C12H18N2O2/c1-13-7-4-8-14(2)11-6-3-5-10(9-11)12(15)16/h3,5-6,9,13H,4,7-8H2,1-2H3,(H,15,16). The van der Waals surface area contributed by atoms with Gasteiger partial charge in [0.1, 0.15) is 0 Å². The molecule has 1 aromatic carbocycles. The third-order valence-electron chi connectivity index (χ3n) is 2.45. The molecule has 0 amide bonds. The molecule has 0 bridgehead atoms. The highest BCUT2D eigenvalue weighted by Crippen LogP contribution is 2.14. The van der Waals surface area contributed by atoms with Crippen molar-refractivity contribution in [3.05, 3.63) is 29.8 Å². The zero-order valence-corrected chi connectivity index (χ0v) is 9.73. The molecule has 0 aliphatic carbocycles. The molecular weight excluding hydrogens is 204 g/mol. The SMILES string of the molecule is CNCCCN(C)c1cccc(C(=O)O)c1. The van der Waals surface area contributed by atoms with Crippen LogP contribution in [0.5, 0.6) is 0 Å². The summed E-state index contributed by atoms with van der Waals surface area (Å²) in [5.41, 5.74) is 1.27. The predicted octanol–water partition coefficient (Wildman–Crippen LogP) is 1.43. The van der Waals surface area contributed by atoms with Gasteiger partial charge in [0.25, 0.3) is 0 Å². The van der Waals surface area contributed by atoms with Crippen LogP contribution in [0.3, 0.4) is 0 Å². The van der Waals surface area contributed by atoms with Crippen LogP contribution in [-0.4, -0.2) is 38.3 Å². The van der Waals surface area contributed by atoms with Crippen LogP contribution in [0.2, 0.25) is 0 Å². The number of benzene rings is 1. The molecule has 4 nitrogen and oxygen atoms in total. The van der Waals surface area contributed by atoms with Gasteiger partial charge in [-0.1, -0.05) is 6.07 Å². The first-order valence-corrected chi connectivity index (χ1v) is 5.34. The highest BCUT2D eigenvalue weighted by atomic mass is 16.4. The fraction of sp³-hybridized carbons (Fsp3) is 0.417. The molecule has 0 unspecified atom stereocenters. The molecule has 0 heterocycles. The maximum absolute atomic E-state index is 10.8. The number of carboxylic acids is 1. The number of hydrogen-bond donors (Lipinski definition) is 2. The topological polar surface area (TPSA) is 52.6 Å². The molecule has 16 heavy (non-hydrogen) atoms. The number of carbonyl (C=O) groups is 1. The van der Waals surface area contributed by atoms with E-state index in [2.05, 4.69) is 10.2 Å². The molecule has 88 valence electrons. The van der Waals surface area contributed by atoms with Crippen molar-refractivity contribution in [2.45, 2.75) is 6.42 Å². The van der Waals surface area contributed by atoms with Crippen LogP contribution in [0.4, 0.5) is 5.69 Å². The summed E-state index contributed by atoms with van der Waals surface area (Å²) in [5.74, 6) is -0.884. The Morgan fingerprint density at radius 1 is 1.50 bits per heavy atom. The number of nitrogens with one attached hydrogen (secondary N) is 1. The van der Waals surface area contributed by atoms with Crippen molar-refractivity contribution in [3.8, 4) is 0 Å². The van der Waals surface area contributed by atoms with E-state index < -0.39 is 5.97 Å². The number of nitrogens with zero attached hydrogens (tertiary/aromatic N) is 1. The Balaban J connectivity index is 2.64. The average Bonchev–Trinajstić information content (AvgIpc) is 2.29. The largest absolute Gasteiger partial charge is 0.478 e. The van der Waals surface area contributed by atoms with Crippen molar-refractivity contribution in [2.24, 2.45) is 0 Å². The van der Waals surface area contributed by atoms with E-state index in [4.69, 9.17) is 5.11 Å². The average molecular weight is 222 g/mol. The minimum absolute atomic E-state index is 0.331. The summed E-state index contributed by atoms with van der Waals surface area (Å²) >= 11 is 0. The lowest BCUT2D eigenvalue weighted by Crippen LogP contribution is -2.22. The number of rotatable bonds is 6. The lowest BCUT2D eigenvalue weighted by atomic mass is 10.2. The van der Waals surface area contributed by atoms with E-state index >= 15 is 0 Å². The Labute approximate surface area is 95.9 Å². The monoisotopic (exact) mass is 222 g/mol. The van der Waals surface area contributed by atoms with Crippen molar-refractivity contribution in [1.82, 2.24) is 5.32 Å². The molecule has 4 heteroatoms. The molecule has 2 N–H and O–H groups in total. The second-order valence-corrected chi connectivity index (χ2v) is 3.73. The molecule has 0 saturated heterocycles. The van der Waals surface area contributed by atoms with Crippen molar-refractivity contribution < 1.29 is 9.90 Å². The molecule has 0 fully saturated rings. The zero-order valence-electron chi connectivity index (χ0n) is 9.73. The Hall–Kier alpha value is -1.55. The van der Waals surface area contributed by atoms with Crippen LogP contribution >= 0.6 is 0 Å². The summed E-state index contributed by atoms with van der Waals surface area (Å²) in [6, 6.07) is 6.99. The molecule has 0 spiro atoms. The molecule has 0 radical (unpaired) electrons. The Bertz CT molecular complexity index is 353. The van der Waals surface area contributed by atoms with Crippen LogP contribution < -0.4 is 10.2 Å². The first kappa shape index (κ1) is 12.5. The van der Waals surface area contributed by atoms with Crippen molar-refractivity contribution in [3.63, 3.8) is 0 Å². The van der Waals surface area contributed by atoms with E-state index in [9.17, 15) is 4.79 Å². The van der Waals surface area contributed by atoms with Crippen molar-refractivity contribution in [1.29, 1.82) is 0 Å². The summed E-state index contributed by atoms with van der Waals surface area (Å²) in [6.07, 6.45) is 1.03. The maximum Gasteiger partial charge on any atom is 0.335 e. The van der Waals surface area contributed by atoms with Crippen LogP contribution in [0.25, 0.3) is 0 Å². The minimum atomic E-state index is -0.884. The highest BCUT2D eigenvalue weighted by Gasteiger charge is 2.05. The quantitative estimate of drug-likeness (QED) is 0.715. The third kappa shape index (κ3) is 3.55. The smallest absolute Gasteiger partial charge is 0.335 e. The van der Waals surface area contributed by atoms with Gasteiger partial charge in [-0.05, 0) is 38.2 Å². The molecule has 0 aliphatic rings. The molecule has 0 atom stereocenters. The van der Waals surface area contributed by atoms with Crippen LogP contribution in [0, 0.1) is 0 Å². The minimum Gasteiger partial charge on any atom is -0.478 e. The summed E-state index contributed by atoms with van der Waals surface area (Å²) in [6.45, 7) is 1.87. The number of carboxylic acid groups (broad SMARTS) is 1. The van der Waals surface area contributed by atoms with Gasteiger partial charge >= 0.3 is 5.97 Å². The number of hydrogen-bond acceptors (Lipinski definition) is 3. The van der Waals surface area contributed by atoms with Gasteiger partial charge in [-0.3, -0.25) is 0 Å². The molecule has 1 aromatic rings. The zero-order chi connectivity index (χ0) is 12.0. The lowest BCUT2D eigenvalue weighted by molar-refractivity contribution is 0.0697. The first-order chi connectivity index (χ1) is 7.65. The third-order valence-corrected chi connectivity index (χ3v) is 2.45. The summed E-state index contributed by atoms with van der Waals surface area (Å²) in [4.78, 5) is 12.9. The van der Waals surface area contributed by atoms with Gasteiger partial charge in [0.05, 0.1) is 5.56 Å². The molecule has 0 saturated carbocycles. The second-order valence-electron chi connectivity index (χ2n) is 3.73. The highest BCUT2D eigenvalue weighted by molar-refractivity contribution is 5.88. The van der Waals surface area contributed by atoms with Gasteiger partial charge < -0.3 is 15.3 Å². The van der Waals surface area contributed by atoms with Crippen molar-refractivity contribution >= 4 is 11.7 Å². The van der Waals surface area contributed by atoms with Gasteiger partial charge in [-0.25, -0.2) is 4.79 Å². The molecule has 1 rings (SSSR count). The van der Waals surface area contributed by atoms with E-state index in [-0.39, 0.29) is 0 Å². The van der Waals surface area contributed by atoms with Crippen LogP contribution in [0.1, 0.15) is 16.8 Å². The summed E-state index contributed by atoms with van der Waals surface area (Å²) < 4.78 is 0. The lowest BCUT2D eigenvalue weighted by Gasteiger charge is -2.19. The normalized spacial score (nSPS) is 10.1. The van der Waals surface area contributed by atoms with Crippen molar-refractivity contribution in [2.75, 3.05) is 32.1 Å². The number of anilines is 1. The van der Waals surface area contributed by atoms with E-state index in [1.807, 2.05) is 20.2 Å². The van der Waals surface area contributed by atoms with E-state index in [1.54, 1.807) is 18.2 Å². The molecular formula is C12H18N2O2. The molecule has 0 aromatic heterocycles. The fourth-order valence-corrected chi connectivity index (χ4v) is 1.50. The predicted molar refractivity (Wildman–Crippen MR) is 65.2 cm³/mol.